The van der Waals surface area contributed by atoms with E-state index >= 15 is 0 Å². The van der Waals surface area contributed by atoms with E-state index < -0.39 is 3.79 Å². The van der Waals surface area contributed by atoms with Crippen molar-refractivity contribution < 1.29 is 4.39 Å². The third-order valence-corrected chi connectivity index (χ3v) is 4.37. The summed E-state index contributed by atoms with van der Waals surface area (Å²) in [5.41, 5.74) is 1.16. The van der Waals surface area contributed by atoms with Gasteiger partial charge in [0.05, 0.1) is 6.54 Å². The molecule has 0 atom stereocenters. The first-order valence-electron chi connectivity index (χ1n) is 5.77. The first-order valence-corrected chi connectivity index (χ1v) is 7.72. The van der Waals surface area contributed by atoms with E-state index in [2.05, 4.69) is 0 Å². The van der Waals surface area contributed by atoms with Gasteiger partial charge in [-0.3, -0.25) is 9.36 Å². The van der Waals surface area contributed by atoms with Gasteiger partial charge in [-0.25, -0.2) is 4.39 Å². The van der Waals surface area contributed by atoms with E-state index in [0.717, 1.165) is 11.3 Å². The van der Waals surface area contributed by atoms with E-state index in [1.165, 1.54) is 10.6 Å². The van der Waals surface area contributed by atoms with E-state index in [9.17, 15) is 9.18 Å². The minimum atomic E-state index is -1.45. The summed E-state index contributed by atoms with van der Waals surface area (Å²) in [6.07, 6.45) is 0.160. The van der Waals surface area contributed by atoms with Crippen LogP contribution in [-0.4, -0.2) is 8.36 Å². The Balaban J connectivity index is 2.34. The Morgan fingerprint density at radius 2 is 1.95 bits per heavy atom. The quantitative estimate of drug-likeness (QED) is 0.753. The maximum absolute atomic E-state index is 13.6. The van der Waals surface area contributed by atoms with Crippen LogP contribution < -0.4 is 4.87 Å². The molecule has 2 aromatic rings. The van der Waals surface area contributed by atoms with Gasteiger partial charge in [-0.1, -0.05) is 64.3 Å². The topological polar surface area (TPSA) is 22.0 Å². The van der Waals surface area contributed by atoms with E-state index in [0.29, 0.717) is 16.1 Å². The third-order valence-electron chi connectivity index (χ3n) is 2.89. The monoisotopic (exact) mass is 353 g/mol. The van der Waals surface area contributed by atoms with E-state index in [-0.39, 0.29) is 23.7 Å². The van der Waals surface area contributed by atoms with Gasteiger partial charge in [0, 0.05) is 22.6 Å². The molecule has 0 radical (unpaired) electrons. The molecule has 0 saturated carbocycles. The molecule has 7 heteroatoms. The summed E-state index contributed by atoms with van der Waals surface area (Å²) < 4.78 is 13.7. The molecule has 0 aliphatic heterocycles. The molecule has 1 heterocycles. The molecule has 0 spiro atoms. The first-order chi connectivity index (χ1) is 9.28. The van der Waals surface area contributed by atoms with Gasteiger partial charge in [-0.2, -0.15) is 0 Å². The van der Waals surface area contributed by atoms with Gasteiger partial charge in [-0.05, 0) is 13.0 Å². The molecule has 0 saturated heterocycles. The zero-order valence-corrected chi connectivity index (χ0v) is 13.6. The molecule has 1 aromatic carbocycles. The molecule has 0 amide bonds. The van der Waals surface area contributed by atoms with Crippen molar-refractivity contribution in [2.75, 3.05) is 0 Å². The summed E-state index contributed by atoms with van der Waals surface area (Å²) in [6.45, 7) is 1.94. The minimum absolute atomic E-state index is 0.160. The average molecular weight is 355 g/mol. The van der Waals surface area contributed by atoms with Crippen molar-refractivity contribution in [1.82, 2.24) is 4.57 Å². The van der Waals surface area contributed by atoms with Crippen molar-refractivity contribution in [1.29, 1.82) is 0 Å². The molecule has 1 aromatic heterocycles. The number of nitrogens with zero attached hydrogens (tertiary/aromatic N) is 1. The smallest absolute Gasteiger partial charge is 0.299 e. The second-order valence-electron chi connectivity index (χ2n) is 4.35. The Hall–Kier alpha value is -0.550. The summed E-state index contributed by atoms with van der Waals surface area (Å²) in [4.78, 5) is 12.5. The molecule has 108 valence electrons. The van der Waals surface area contributed by atoms with Gasteiger partial charge in [0.2, 0.25) is 0 Å². The Bertz CT molecular complexity index is 675. The second-order valence-corrected chi connectivity index (χ2v) is 7.91. The molecule has 0 N–H and O–H groups in total. The summed E-state index contributed by atoms with van der Waals surface area (Å²) in [5, 5.41) is 0. The number of hydrogen-bond donors (Lipinski definition) is 0. The van der Waals surface area contributed by atoms with Crippen LogP contribution in [0.25, 0.3) is 0 Å². The maximum Gasteiger partial charge on any atom is 0.307 e. The van der Waals surface area contributed by atoms with Crippen molar-refractivity contribution in [3.05, 3.63) is 55.9 Å². The first kappa shape index (κ1) is 15.8. The normalized spacial score (nSPS) is 11.8. The molecule has 0 unspecified atom stereocenters. The van der Waals surface area contributed by atoms with Crippen LogP contribution in [0.15, 0.2) is 29.1 Å². The molecular formula is C13H11Cl3FNOS. The molecular weight excluding hydrogens is 344 g/mol. The van der Waals surface area contributed by atoms with Crippen molar-refractivity contribution in [2.45, 2.75) is 23.7 Å². The van der Waals surface area contributed by atoms with E-state index in [1.54, 1.807) is 25.1 Å². The Kier molecular flexibility index (Phi) is 4.80. The zero-order valence-electron chi connectivity index (χ0n) is 10.5. The fourth-order valence-electron chi connectivity index (χ4n) is 1.85. The highest BCUT2D eigenvalue weighted by atomic mass is 35.6. The Morgan fingerprint density at radius 1 is 1.30 bits per heavy atom. The minimum Gasteiger partial charge on any atom is -0.299 e. The molecule has 0 bridgehead atoms. The van der Waals surface area contributed by atoms with E-state index in [4.69, 9.17) is 34.8 Å². The number of halogens is 4. The van der Waals surface area contributed by atoms with E-state index in [1.807, 2.05) is 0 Å². The van der Waals surface area contributed by atoms with Crippen LogP contribution in [0.5, 0.6) is 0 Å². The van der Waals surface area contributed by atoms with Crippen molar-refractivity contribution in [2.24, 2.45) is 0 Å². The molecule has 2 nitrogen and oxygen atoms in total. The van der Waals surface area contributed by atoms with Crippen LogP contribution in [-0.2, 0) is 13.0 Å². The highest BCUT2D eigenvalue weighted by molar-refractivity contribution is 7.09. The molecule has 0 fully saturated rings. The van der Waals surface area contributed by atoms with Gasteiger partial charge < -0.3 is 0 Å². The van der Waals surface area contributed by atoms with Crippen LogP contribution in [0.3, 0.4) is 0 Å². The fourth-order valence-corrected chi connectivity index (χ4v) is 3.56. The lowest BCUT2D eigenvalue weighted by Crippen LogP contribution is -2.16. The predicted octanol–water partition coefficient (Wildman–Crippen LogP) is 4.32. The van der Waals surface area contributed by atoms with Crippen LogP contribution >= 0.6 is 46.1 Å². The number of alkyl halides is 3. The van der Waals surface area contributed by atoms with Crippen LogP contribution in [0.4, 0.5) is 4.39 Å². The summed E-state index contributed by atoms with van der Waals surface area (Å²) in [5.74, 6) is -0.340. The zero-order chi connectivity index (χ0) is 14.9. The Morgan fingerprint density at radius 3 is 2.55 bits per heavy atom. The number of hydrogen-bond acceptors (Lipinski definition) is 2. The van der Waals surface area contributed by atoms with Gasteiger partial charge in [-0.15, -0.1) is 0 Å². The molecule has 0 aliphatic rings. The largest absolute Gasteiger partial charge is 0.307 e. The number of aromatic nitrogens is 1. The number of thiazole rings is 1. The highest BCUT2D eigenvalue weighted by Gasteiger charge is 2.24. The highest BCUT2D eigenvalue weighted by Crippen LogP contribution is 2.32. The molecule has 20 heavy (non-hydrogen) atoms. The number of benzene rings is 1. The molecule has 0 aliphatic carbocycles. The number of rotatable bonds is 3. The summed E-state index contributed by atoms with van der Waals surface area (Å²) in [7, 11) is 0. The SMILES string of the molecule is Cc1c(CC(Cl)(Cl)Cl)sc(=O)n1Cc1ccccc1F. The van der Waals surface area contributed by atoms with Crippen molar-refractivity contribution >= 4 is 46.1 Å². The standard InChI is InChI=1S/C13H11Cl3FNOS/c1-8-11(6-13(14,15)16)20-12(19)18(8)7-9-4-2-3-5-10(9)17/h2-5H,6-7H2,1H3. The average Bonchev–Trinajstić information content (AvgIpc) is 2.57. The lowest BCUT2D eigenvalue weighted by Gasteiger charge is -2.10. The van der Waals surface area contributed by atoms with Crippen molar-refractivity contribution in [3.8, 4) is 0 Å². The summed E-state index contributed by atoms with van der Waals surface area (Å²) in [6, 6.07) is 6.35. The predicted molar refractivity (Wildman–Crippen MR) is 82.8 cm³/mol. The van der Waals surface area contributed by atoms with Gasteiger partial charge >= 0.3 is 4.87 Å². The summed E-state index contributed by atoms with van der Waals surface area (Å²) >= 11 is 18.3. The maximum atomic E-state index is 13.6. The lowest BCUT2D eigenvalue weighted by molar-refractivity contribution is 0.595. The van der Waals surface area contributed by atoms with Crippen molar-refractivity contribution in [3.63, 3.8) is 0 Å². The van der Waals surface area contributed by atoms with Crippen LogP contribution in [0.2, 0.25) is 0 Å². The fraction of sp³-hybridized carbons (Fsp3) is 0.308. The lowest BCUT2D eigenvalue weighted by atomic mass is 10.2. The van der Waals surface area contributed by atoms with Gasteiger partial charge in [0.25, 0.3) is 0 Å². The Labute approximate surface area is 134 Å². The molecule has 2 rings (SSSR count). The van der Waals surface area contributed by atoms with Crippen LogP contribution in [0.1, 0.15) is 16.1 Å². The second kappa shape index (κ2) is 6.06. The van der Waals surface area contributed by atoms with Gasteiger partial charge in [0.15, 0.2) is 3.79 Å². The third kappa shape index (κ3) is 3.76. The van der Waals surface area contributed by atoms with Crippen LogP contribution in [0, 0.1) is 12.7 Å². The van der Waals surface area contributed by atoms with Gasteiger partial charge in [0.1, 0.15) is 5.82 Å².